The molecule has 0 saturated carbocycles. The molecule has 11 heteroatoms. The predicted molar refractivity (Wildman–Crippen MR) is 66.5 cm³/mol. The van der Waals surface area contributed by atoms with Crippen molar-refractivity contribution in [3.63, 3.8) is 0 Å². The molecule has 2 aromatic heterocycles. The van der Waals surface area contributed by atoms with Gasteiger partial charge in [0.1, 0.15) is 12.1 Å². The first-order chi connectivity index (χ1) is 9.74. The molecule has 0 aliphatic carbocycles. The smallest absolute Gasteiger partial charge is 0.366 e. The number of sulfone groups is 1. The minimum absolute atomic E-state index is 0.0162. The molecule has 3 rings (SSSR count). The number of alkyl halides is 3. The van der Waals surface area contributed by atoms with Gasteiger partial charge in [-0.05, 0) is 6.42 Å². The van der Waals surface area contributed by atoms with E-state index in [0.29, 0.717) is 6.42 Å². The highest BCUT2D eigenvalue weighted by atomic mass is 32.2. The molecule has 7 nitrogen and oxygen atoms in total. The molecule has 0 spiro atoms. The minimum Gasteiger partial charge on any atom is -0.366 e. The van der Waals surface area contributed by atoms with Gasteiger partial charge in [0.25, 0.3) is 5.78 Å². The van der Waals surface area contributed by atoms with Crippen molar-refractivity contribution in [2.45, 2.75) is 18.6 Å². The Morgan fingerprint density at radius 1 is 1.38 bits per heavy atom. The summed E-state index contributed by atoms with van der Waals surface area (Å²) in [6, 6.07) is 0.345. The summed E-state index contributed by atoms with van der Waals surface area (Å²) in [7, 11) is -3.14. The maximum Gasteiger partial charge on any atom is 0.433 e. The van der Waals surface area contributed by atoms with Crippen LogP contribution in [0.15, 0.2) is 12.4 Å². The van der Waals surface area contributed by atoms with Crippen LogP contribution in [-0.4, -0.2) is 45.5 Å². The highest BCUT2D eigenvalue weighted by molar-refractivity contribution is 7.91. The summed E-state index contributed by atoms with van der Waals surface area (Å²) in [5.41, 5.74) is -1.11. The zero-order valence-electron chi connectivity index (χ0n) is 10.5. The number of fused-ring (bicyclic) bond motifs is 1. The van der Waals surface area contributed by atoms with E-state index in [4.69, 9.17) is 0 Å². The molecule has 21 heavy (non-hydrogen) atoms. The van der Waals surface area contributed by atoms with Crippen molar-refractivity contribution in [2.24, 2.45) is 0 Å². The van der Waals surface area contributed by atoms with Crippen molar-refractivity contribution in [2.75, 3.05) is 16.8 Å². The molecule has 1 saturated heterocycles. The molecular formula is C10H10F3N5O2S. The largest absolute Gasteiger partial charge is 0.433 e. The molecule has 114 valence electrons. The van der Waals surface area contributed by atoms with E-state index in [2.05, 4.69) is 20.4 Å². The molecule has 1 fully saturated rings. The van der Waals surface area contributed by atoms with Crippen molar-refractivity contribution in [1.82, 2.24) is 19.6 Å². The maximum absolute atomic E-state index is 12.8. The Kier molecular flexibility index (Phi) is 3.04. The number of hydrogen-bond donors (Lipinski definition) is 1. The van der Waals surface area contributed by atoms with E-state index in [9.17, 15) is 21.6 Å². The maximum atomic E-state index is 12.8. The quantitative estimate of drug-likeness (QED) is 0.878. The fourth-order valence-electron chi connectivity index (χ4n) is 2.18. The topological polar surface area (TPSA) is 89.2 Å². The molecule has 0 bridgehead atoms. The number of nitrogens with one attached hydrogen (secondary N) is 1. The van der Waals surface area contributed by atoms with E-state index >= 15 is 0 Å². The van der Waals surface area contributed by atoms with Crippen molar-refractivity contribution in [3.05, 3.63) is 18.1 Å². The summed E-state index contributed by atoms with van der Waals surface area (Å²) >= 11 is 0. The summed E-state index contributed by atoms with van der Waals surface area (Å²) in [6.07, 6.45) is -3.20. The van der Waals surface area contributed by atoms with Crippen molar-refractivity contribution in [3.8, 4) is 0 Å². The zero-order valence-corrected chi connectivity index (χ0v) is 11.3. The molecule has 1 atom stereocenters. The molecule has 0 amide bonds. The van der Waals surface area contributed by atoms with Crippen LogP contribution in [0.5, 0.6) is 0 Å². The molecule has 1 aliphatic heterocycles. The standard InChI is InChI=1S/C10H10F3N5O2S/c11-10(12,13)7-3-8(18-9(17-7)14-5-15-18)16-6-1-2-21(19,20)4-6/h3,5-6,16H,1-2,4H2/t6-/m1/s1. The first-order valence-electron chi connectivity index (χ1n) is 5.99. The number of halogens is 3. The second kappa shape index (κ2) is 4.55. The van der Waals surface area contributed by atoms with E-state index < -0.39 is 27.7 Å². The van der Waals surface area contributed by atoms with Gasteiger partial charge in [-0.15, -0.1) is 0 Å². The van der Waals surface area contributed by atoms with Crippen LogP contribution in [0.1, 0.15) is 12.1 Å². The van der Waals surface area contributed by atoms with Gasteiger partial charge in [0, 0.05) is 12.1 Å². The van der Waals surface area contributed by atoms with Crippen LogP contribution in [0.25, 0.3) is 5.78 Å². The Morgan fingerprint density at radius 2 is 2.14 bits per heavy atom. The highest BCUT2D eigenvalue weighted by Gasteiger charge is 2.35. The second-order valence-corrected chi connectivity index (χ2v) is 6.97. The molecule has 2 aromatic rings. The number of anilines is 1. The SMILES string of the molecule is O=S1(=O)CC[C@@H](Nc2cc(C(F)(F)F)nc3ncnn23)C1. The molecule has 1 aliphatic rings. The summed E-state index contributed by atoms with van der Waals surface area (Å²) in [6.45, 7) is 0. The number of aromatic nitrogens is 4. The third-order valence-corrected chi connectivity index (χ3v) is 4.89. The first kappa shape index (κ1) is 14.0. The van der Waals surface area contributed by atoms with E-state index in [1.807, 2.05) is 0 Å². The Morgan fingerprint density at radius 3 is 2.76 bits per heavy atom. The van der Waals surface area contributed by atoms with Gasteiger partial charge in [-0.3, -0.25) is 0 Å². The Hall–Kier alpha value is -1.91. The van der Waals surface area contributed by atoms with Crippen molar-refractivity contribution >= 4 is 21.4 Å². The second-order valence-electron chi connectivity index (χ2n) is 4.74. The summed E-state index contributed by atoms with van der Waals surface area (Å²) in [4.78, 5) is 7.02. The average Bonchev–Trinajstić information content (AvgIpc) is 2.94. The molecular weight excluding hydrogens is 311 g/mol. The van der Waals surface area contributed by atoms with E-state index in [-0.39, 0.29) is 23.1 Å². The van der Waals surface area contributed by atoms with Crippen LogP contribution in [0.2, 0.25) is 0 Å². The number of rotatable bonds is 2. The van der Waals surface area contributed by atoms with Crippen molar-refractivity contribution in [1.29, 1.82) is 0 Å². The molecule has 1 N–H and O–H groups in total. The Labute approximate surface area is 117 Å². The minimum atomic E-state index is -4.62. The lowest BCUT2D eigenvalue weighted by atomic mass is 10.2. The van der Waals surface area contributed by atoms with Crippen molar-refractivity contribution < 1.29 is 21.6 Å². The normalized spacial score (nSPS) is 21.8. The Bertz CT molecular complexity index is 786. The fourth-order valence-corrected chi connectivity index (χ4v) is 3.85. The van der Waals surface area contributed by atoms with Gasteiger partial charge in [0.05, 0.1) is 11.5 Å². The van der Waals surface area contributed by atoms with E-state index in [1.165, 1.54) is 0 Å². The van der Waals surface area contributed by atoms with Crippen LogP contribution < -0.4 is 5.32 Å². The summed E-state index contributed by atoms with van der Waals surface area (Å²) in [5.74, 6) is -0.282. The van der Waals surface area contributed by atoms with Gasteiger partial charge in [0.2, 0.25) is 0 Å². The predicted octanol–water partition coefficient (Wildman–Crippen LogP) is 0.742. The van der Waals surface area contributed by atoms with Crippen LogP contribution >= 0.6 is 0 Å². The first-order valence-corrected chi connectivity index (χ1v) is 7.82. The fraction of sp³-hybridized carbons (Fsp3) is 0.500. The van der Waals surface area contributed by atoms with E-state index in [1.54, 1.807) is 0 Å². The van der Waals surface area contributed by atoms with Gasteiger partial charge in [0.15, 0.2) is 15.5 Å². The third kappa shape index (κ3) is 2.77. The summed E-state index contributed by atoms with van der Waals surface area (Å²) in [5, 5.41) is 6.56. The molecule has 3 heterocycles. The van der Waals surface area contributed by atoms with Gasteiger partial charge >= 0.3 is 6.18 Å². The lowest BCUT2D eigenvalue weighted by molar-refractivity contribution is -0.141. The lowest BCUT2D eigenvalue weighted by Crippen LogP contribution is -2.23. The third-order valence-electron chi connectivity index (χ3n) is 3.13. The Balaban J connectivity index is 1.99. The van der Waals surface area contributed by atoms with Gasteiger partial charge < -0.3 is 5.32 Å². The van der Waals surface area contributed by atoms with Crippen LogP contribution in [0, 0.1) is 0 Å². The number of nitrogens with zero attached hydrogens (tertiary/aromatic N) is 4. The average molecular weight is 321 g/mol. The zero-order chi connectivity index (χ0) is 15.3. The monoisotopic (exact) mass is 321 g/mol. The van der Waals surface area contributed by atoms with Gasteiger partial charge in [-0.1, -0.05) is 0 Å². The van der Waals surface area contributed by atoms with E-state index in [0.717, 1.165) is 16.9 Å². The molecule has 0 unspecified atom stereocenters. The van der Waals surface area contributed by atoms with Crippen LogP contribution in [0.4, 0.5) is 19.0 Å². The van der Waals surface area contributed by atoms with Gasteiger partial charge in [-0.25, -0.2) is 13.4 Å². The lowest BCUT2D eigenvalue weighted by Gasteiger charge is -2.15. The number of hydrogen-bond acceptors (Lipinski definition) is 6. The van der Waals surface area contributed by atoms with Crippen LogP contribution in [0.3, 0.4) is 0 Å². The van der Waals surface area contributed by atoms with Gasteiger partial charge in [-0.2, -0.15) is 27.8 Å². The summed E-state index contributed by atoms with van der Waals surface area (Å²) < 4.78 is 62.3. The van der Waals surface area contributed by atoms with Crippen LogP contribution in [-0.2, 0) is 16.0 Å². The molecule has 0 aromatic carbocycles. The highest BCUT2D eigenvalue weighted by Crippen LogP contribution is 2.30. The molecule has 0 radical (unpaired) electrons.